The number of hydrogen-bond acceptors (Lipinski definition) is 6. The van der Waals surface area contributed by atoms with Gasteiger partial charge in [0.2, 0.25) is 0 Å². The normalized spacial score (nSPS) is 11.7. The SMILES string of the molecule is CCNC(=NCc1cc(C(CC)CC)no1)NCc1cc(C(=O)OC)c(C)o1. The summed E-state index contributed by atoms with van der Waals surface area (Å²) < 4.78 is 15.8. The van der Waals surface area contributed by atoms with Crippen LogP contribution in [0.25, 0.3) is 0 Å². The number of aryl methyl sites for hydroxylation is 1. The highest BCUT2D eigenvalue weighted by atomic mass is 16.5. The molecule has 2 heterocycles. The summed E-state index contributed by atoms with van der Waals surface area (Å²) in [5.41, 5.74) is 1.41. The van der Waals surface area contributed by atoms with Gasteiger partial charge in [0.25, 0.3) is 0 Å². The fraction of sp³-hybridized carbons (Fsp3) is 0.550. The van der Waals surface area contributed by atoms with Crippen LogP contribution in [0.15, 0.2) is 26.1 Å². The van der Waals surface area contributed by atoms with Crippen LogP contribution in [0.4, 0.5) is 0 Å². The van der Waals surface area contributed by atoms with Gasteiger partial charge in [-0.1, -0.05) is 19.0 Å². The van der Waals surface area contributed by atoms with Crippen LogP contribution in [-0.2, 0) is 17.8 Å². The molecule has 28 heavy (non-hydrogen) atoms. The van der Waals surface area contributed by atoms with Crippen molar-refractivity contribution in [1.82, 2.24) is 15.8 Å². The first kappa shape index (κ1) is 21.5. The average molecular weight is 390 g/mol. The number of carbonyl (C=O) groups is 1. The molecule has 2 N–H and O–H groups in total. The van der Waals surface area contributed by atoms with Crippen LogP contribution >= 0.6 is 0 Å². The summed E-state index contributed by atoms with van der Waals surface area (Å²) in [6.45, 7) is 9.50. The lowest BCUT2D eigenvalue weighted by molar-refractivity contribution is 0.0599. The molecule has 0 aliphatic carbocycles. The van der Waals surface area contributed by atoms with E-state index in [0.717, 1.165) is 24.3 Å². The lowest BCUT2D eigenvalue weighted by atomic mass is 9.99. The third-order valence-corrected chi connectivity index (χ3v) is 4.52. The van der Waals surface area contributed by atoms with Gasteiger partial charge in [-0.05, 0) is 32.8 Å². The number of methoxy groups -OCH3 is 1. The number of carbonyl (C=O) groups excluding carboxylic acids is 1. The Bertz CT molecular complexity index is 790. The van der Waals surface area contributed by atoms with E-state index in [0.29, 0.717) is 48.6 Å². The Hall–Kier alpha value is -2.77. The van der Waals surface area contributed by atoms with Crippen molar-refractivity contribution in [3.8, 4) is 0 Å². The Morgan fingerprint density at radius 2 is 1.96 bits per heavy atom. The van der Waals surface area contributed by atoms with Crippen molar-refractivity contribution in [2.45, 2.75) is 59.5 Å². The molecule has 0 aliphatic rings. The second-order valence-electron chi connectivity index (χ2n) is 6.45. The number of guanidine groups is 1. The van der Waals surface area contributed by atoms with Crippen LogP contribution < -0.4 is 10.6 Å². The van der Waals surface area contributed by atoms with E-state index in [1.165, 1.54) is 7.11 Å². The second-order valence-corrected chi connectivity index (χ2v) is 6.45. The number of ether oxygens (including phenoxy) is 1. The first-order valence-electron chi connectivity index (χ1n) is 9.67. The lowest BCUT2D eigenvalue weighted by Crippen LogP contribution is -2.36. The first-order chi connectivity index (χ1) is 13.5. The molecule has 2 aromatic heterocycles. The quantitative estimate of drug-likeness (QED) is 0.384. The smallest absolute Gasteiger partial charge is 0.341 e. The van der Waals surface area contributed by atoms with Crippen LogP contribution in [0, 0.1) is 6.92 Å². The molecule has 154 valence electrons. The Morgan fingerprint density at radius 3 is 2.61 bits per heavy atom. The van der Waals surface area contributed by atoms with E-state index in [-0.39, 0.29) is 0 Å². The maximum atomic E-state index is 11.7. The maximum Gasteiger partial charge on any atom is 0.341 e. The van der Waals surface area contributed by atoms with Gasteiger partial charge in [-0.2, -0.15) is 0 Å². The van der Waals surface area contributed by atoms with Crippen LogP contribution in [0.1, 0.15) is 72.9 Å². The van der Waals surface area contributed by atoms with Crippen molar-refractivity contribution in [3.05, 3.63) is 40.7 Å². The van der Waals surface area contributed by atoms with Crippen LogP contribution in [0.3, 0.4) is 0 Å². The van der Waals surface area contributed by atoms with E-state index in [4.69, 9.17) is 13.7 Å². The average Bonchev–Trinajstić information content (AvgIpc) is 3.31. The van der Waals surface area contributed by atoms with Crippen LogP contribution in [0.5, 0.6) is 0 Å². The molecule has 0 bridgehead atoms. The number of nitrogens with one attached hydrogen (secondary N) is 2. The molecule has 2 aromatic rings. The van der Waals surface area contributed by atoms with Gasteiger partial charge in [0, 0.05) is 18.5 Å². The fourth-order valence-electron chi connectivity index (χ4n) is 2.92. The topological polar surface area (TPSA) is 102 Å². The summed E-state index contributed by atoms with van der Waals surface area (Å²) in [7, 11) is 1.35. The van der Waals surface area contributed by atoms with Gasteiger partial charge < -0.3 is 24.3 Å². The summed E-state index contributed by atoms with van der Waals surface area (Å²) in [4.78, 5) is 16.2. The van der Waals surface area contributed by atoms with Crippen molar-refractivity contribution >= 4 is 11.9 Å². The minimum Gasteiger partial charge on any atom is -0.465 e. The summed E-state index contributed by atoms with van der Waals surface area (Å²) in [5, 5.41) is 10.5. The van der Waals surface area contributed by atoms with Gasteiger partial charge >= 0.3 is 5.97 Å². The largest absolute Gasteiger partial charge is 0.465 e. The number of furan rings is 1. The molecular weight excluding hydrogens is 360 g/mol. The van der Waals surface area contributed by atoms with Crippen molar-refractivity contribution in [3.63, 3.8) is 0 Å². The van der Waals surface area contributed by atoms with E-state index in [1.54, 1.807) is 13.0 Å². The number of aliphatic imine (C=N–C) groups is 1. The van der Waals surface area contributed by atoms with Gasteiger partial charge in [-0.3, -0.25) is 0 Å². The van der Waals surface area contributed by atoms with Gasteiger partial charge in [0.15, 0.2) is 11.7 Å². The zero-order valence-electron chi connectivity index (χ0n) is 17.3. The predicted molar refractivity (Wildman–Crippen MR) is 106 cm³/mol. The van der Waals surface area contributed by atoms with Crippen molar-refractivity contribution in [2.24, 2.45) is 4.99 Å². The molecule has 0 saturated carbocycles. The Kier molecular flexibility index (Phi) is 8.10. The summed E-state index contributed by atoms with van der Waals surface area (Å²) in [6.07, 6.45) is 2.07. The molecule has 0 aliphatic heterocycles. The Morgan fingerprint density at radius 1 is 1.21 bits per heavy atom. The molecule has 0 amide bonds. The predicted octanol–water partition coefficient (Wildman–Crippen LogP) is 3.52. The highest BCUT2D eigenvalue weighted by molar-refractivity contribution is 5.90. The number of hydrogen-bond donors (Lipinski definition) is 2. The molecule has 0 unspecified atom stereocenters. The summed E-state index contributed by atoms with van der Waals surface area (Å²) in [6, 6.07) is 3.65. The number of nitrogens with zero attached hydrogens (tertiary/aromatic N) is 2. The van der Waals surface area contributed by atoms with E-state index in [2.05, 4.69) is 34.6 Å². The van der Waals surface area contributed by atoms with Crippen molar-refractivity contribution in [2.75, 3.05) is 13.7 Å². The number of aromatic nitrogens is 1. The standard InChI is InChI=1S/C20H30N4O4/c1-6-14(7-2)18-10-16(28-24-18)12-23-20(21-8-3)22-11-15-9-17(13(4)27-15)19(25)26-5/h9-10,14H,6-8,11-12H2,1-5H3,(H2,21,22,23). The minimum atomic E-state index is -0.410. The van der Waals surface area contributed by atoms with Crippen molar-refractivity contribution in [1.29, 1.82) is 0 Å². The molecule has 0 saturated heterocycles. The van der Waals surface area contributed by atoms with E-state index >= 15 is 0 Å². The number of esters is 1. The maximum absolute atomic E-state index is 11.7. The molecule has 0 atom stereocenters. The zero-order chi connectivity index (χ0) is 20.5. The lowest BCUT2D eigenvalue weighted by Gasteiger charge is -2.09. The fourth-order valence-corrected chi connectivity index (χ4v) is 2.92. The number of rotatable bonds is 9. The highest BCUT2D eigenvalue weighted by Gasteiger charge is 2.16. The molecule has 2 rings (SSSR count). The molecule has 0 fully saturated rings. The van der Waals surface area contributed by atoms with Gasteiger partial charge in [0.05, 0.1) is 19.3 Å². The molecule has 0 radical (unpaired) electrons. The Balaban J connectivity index is 2.00. The van der Waals surface area contributed by atoms with E-state index in [1.807, 2.05) is 13.0 Å². The molecule has 8 nitrogen and oxygen atoms in total. The van der Waals surface area contributed by atoms with Gasteiger partial charge in [-0.15, -0.1) is 0 Å². The van der Waals surface area contributed by atoms with Gasteiger partial charge in [0.1, 0.15) is 23.6 Å². The molecule has 8 heteroatoms. The molecule has 0 aromatic carbocycles. The van der Waals surface area contributed by atoms with E-state index in [9.17, 15) is 4.79 Å². The monoisotopic (exact) mass is 390 g/mol. The molecular formula is C20H30N4O4. The van der Waals surface area contributed by atoms with Gasteiger partial charge in [-0.25, -0.2) is 9.79 Å². The summed E-state index contributed by atoms with van der Waals surface area (Å²) in [5.74, 6) is 2.50. The second kappa shape index (κ2) is 10.5. The minimum absolute atomic E-state index is 0.382. The van der Waals surface area contributed by atoms with Crippen molar-refractivity contribution < 1.29 is 18.5 Å². The summed E-state index contributed by atoms with van der Waals surface area (Å²) >= 11 is 0. The highest BCUT2D eigenvalue weighted by Crippen LogP contribution is 2.22. The zero-order valence-corrected chi connectivity index (χ0v) is 17.3. The third-order valence-electron chi connectivity index (χ3n) is 4.52. The van der Waals surface area contributed by atoms with Crippen LogP contribution in [-0.4, -0.2) is 30.7 Å². The molecule has 0 spiro atoms. The Labute approximate surface area is 165 Å². The van der Waals surface area contributed by atoms with E-state index < -0.39 is 5.97 Å². The van der Waals surface area contributed by atoms with Crippen LogP contribution in [0.2, 0.25) is 0 Å². The third kappa shape index (κ3) is 5.61. The first-order valence-corrected chi connectivity index (χ1v) is 9.67.